The molecular formula is C9H16IN. The van der Waals surface area contributed by atoms with E-state index in [1.807, 2.05) is 0 Å². The Morgan fingerprint density at radius 3 is 3.09 bits per heavy atom. The number of nitrogens with zero attached hydrogens (tertiary/aromatic N) is 1. The molecule has 2 atom stereocenters. The van der Waals surface area contributed by atoms with Crippen molar-refractivity contribution >= 4 is 22.6 Å². The molecular weight excluding hydrogens is 249 g/mol. The van der Waals surface area contributed by atoms with Crippen molar-refractivity contribution in [2.45, 2.75) is 44.2 Å². The normalized spacial score (nSPS) is 44.7. The lowest BCUT2D eigenvalue weighted by molar-refractivity contribution is 0.180. The molecule has 2 aliphatic heterocycles. The van der Waals surface area contributed by atoms with Crippen LogP contribution in [-0.2, 0) is 0 Å². The molecule has 2 unspecified atom stereocenters. The molecule has 0 aromatic heterocycles. The fourth-order valence-corrected chi connectivity index (χ4v) is 3.65. The first-order valence-corrected chi connectivity index (χ1v) is 6.11. The van der Waals surface area contributed by atoms with Gasteiger partial charge in [-0.05, 0) is 39.2 Å². The molecule has 1 nitrogen and oxygen atoms in total. The highest BCUT2D eigenvalue weighted by Gasteiger charge is 2.44. The first-order valence-electron chi connectivity index (χ1n) is 4.59. The molecule has 11 heavy (non-hydrogen) atoms. The van der Waals surface area contributed by atoms with E-state index in [4.69, 9.17) is 0 Å². The Kier molecular flexibility index (Phi) is 2.17. The van der Waals surface area contributed by atoms with Crippen molar-refractivity contribution in [2.75, 3.05) is 11.0 Å². The summed E-state index contributed by atoms with van der Waals surface area (Å²) in [4.78, 5) is 2.75. The number of rotatable bonds is 1. The zero-order valence-corrected chi connectivity index (χ0v) is 9.30. The third-order valence-electron chi connectivity index (χ3n) is 3.44. The summed E-state index contributed by atoms with van der Waals surface area (Å²) in [5.41, 5.74) is 0.607. The van der Waals surface area contributed by atoms with Gasteiger partial charge in [0.1, 0.15) is 0 Å². The van der Waals surface area contributed by atoms with Gasteiger partial charge >= 0.3 is 0 Å². The Morgan fingerprint density at radius 2 is 2.36 bits per heavy atom. The van der Waals surface area contributed by atoms with Crippen LogP contribution in [0, 0.1) is 0 Å². The zero-order valence-electron chi connectivity index (χ0n) is 7.15. The standard InChI is InChI=1S/C9H16IN/c1-9-4-2-6-11(9)8(7-10)3-5-9/h8H,2-7H2,1H3. The number of hydrogen-bond acceptors (Lipinski definition) is 1. The molecule has 2 heterocycles. The molecule has 0 spiro atoms. The Labute approximate surface area is 82.7 Å². The Hall–Kier alpha value is 0.690. The van der Waals surface area contributed by atoms with Gasteiger partial charge in [-0.3, -0.25) is 4.90 Å². The average molecular weight is 265 g/mol. The maximum Gasteiger partial charge on any atom is 0.0191 e. The molecule has 0 bridgehead atoms. The second kappa shape index (κ2) is 2.87. The van der Waals surface area contributed by atoms with Crippen LogP contribution in [0.1, 0.15) is 32.6 Å². The van der Waals surface area contributed by atoms with Crippen LogP contribution in [-0.4, -0.2) is 27.5 Å². The Morgan fingerprint density at radius 1 is 1.55 bits per heavy atom. The number of alkyl halides is 1. The van der Waals surface area contributed by atoms with E-state index in [1.54, 1.807) is 0 Å². The van der Waals surface area contributed by atoms with Gasteiger partial charge in [-0.15, -0.1) is 0 Å². The summed E-state index contributed by atoms with van der Waals surface area (Å²) in [5.74, 6) is 0. The van der Waals surface area contributed by atoms with Crippen molar-refractivity contribution in [2.24, 2.45) is 0 Å². The van der Waals surface area contributed by atoms with Crippen molar-refractivity contribution in [3.63, 3.8) is 0 Å². The molecule has 2 fully saturated rings. The Balaban J connectivity index is 2.13. The van der Waals surface area contributed by atoms with Gasteiger partial charge in [0, 0.05) is 16.0 Å². The van der Waals surface area contributed by atoms with Gasteiger partial charge in [0.05, 0.1) is 0 Å². The molecule has 0 saturated carbocycles. The summed E-state index contributed by atoms with van der Waals surface area (Å²) >= 11 is 2.53. The van der Waals surface area contributed by atoms with E-state index in [1.165, 1.54) is 36.7 Å². The lowest BCUT2D eigenvalue weighted by Crippen LogP contribution is -2.40. The molecule has 2 aliphatic rings. The van der Waals surface area contributed by atoms with Crippen molar-refractivity contribution in [1.29, 1.82) is 0 Å². The van der Waals surface area contributed by atoms with Gasteiger partial charge in [0.25, 0.3) is 0 Å². The van der Waals surface area contributed by atoms with E-state index < -0.39 is 0 Å². The molecule has 0 amide bonds. The van der Waals surface area contributed by atoms with Crippen LogP contribution in [0.2, 0.25) is 0 Å². The van der Waals surface area contributed by atoms with E-state index in [0.717, 1.165) is 6.04 Å². The predicted octanol–water partition coefficient (Wildman–Crippen LogP) is 2.44. The molecule has 0 radical (unpaired) electrons. The van der Waals surface area contributed by atoms with Gasteiger partial charge in [-0.1, -0.05) is 22.6 Å². The molecule has 0 aromatic carbocycles. The van der Waals surface area contributed by atoms with Crippen LogP contribution < -0.4 is 0 Å². The first-order chi connectivity index (χ1) is 5.26. The second-order valence-corrected chi connectivity index (χ2v) is 5.02. The van der Waals surface area contributed by atoms with E-state index in [2.05, 4.69) is 34.4 Å². The average Bonchev–Trinajstić information content (AvgIpc) is 2.45. The predicted molar refractivity (Wildman–Crippen MR) is 56.3 cm³/mol. The van der Waals surface area contributed by atoms with Crippen LogP contribution in [0.5, 0.6) is 0 Å². The summed E-state index contributed by atoms with van der Waals surface area (Å²) < 4.78 is 1.33. The van der Waals surface area contributed by atoms with Crippen LogP contribution >= 0.6 is 22.6 Å². The molecule has 0 aliphatic carbocycles. The van der Waals surface area contributed by atoms with E-state index in [-0.39, 0.29) is 0 Å². The largest absolute Gasteiger partial charge is 0.294 e. The third-order valence-corrected chi connectivity index (χ3v) is 4.46. The van der Waals surface area contributed by atoms with Crippen molar-refractivity contribution < 1.29 is 0 Å². The summed E-state index contributed by atoms with van der Waals surface area (Å²) in [6.07, 6.45) is 5.77. The quantitative estimate of drug-likeness (QED) is 0.520. The highest BCUT2D eigenvalue weighted by molar-refractivity contribution is 14.1. The summed E-state index contributed by atoms with van der Waals surface area (Å²) in [6, 6.07) is 0.906. The van der Waals surface area contributed by atoms with Gasteiger partial charge in [0.15, 0.2) is 0 Å². The summed E-state index contributed by atoms with van der Waals surface area (Å²) in [5, 5.41) is 0. The number of halogens is 1. The van der Waals surface area contributed by atoms with Crippen molar-refractivity contribution in [1.82, 2.24) is 4.90 Å². The lowest BCUT2D eigenvalue weighted by Gasteiger charge is -2.30. The molecule has 2 saturated heterocycles. The van der Waals surface area contributed by atoms with Crippen LogP contribution in [0.25, 0.3) is 0 Å². The fraction of sp³-hybridized carbons (Fsp3) is 1.00. The lowest BCUT2D eigenvalue weighted by atomic mass is 9.97. The minimum absolute atomic E-state index is 0.607. The van der Waals surface area contributed by atoms with Crippen molar-refractivity contribution in [3.05, 3.63) is 0 Å². The second-order valence-electron chi connectivity index (χ2n) is 4.14. The number of hydrogen-bond donors (Lipinski definition) is 0. The molecule has 0 N–H and O–H groups in total. The van der Waals surface area contributed by atoms with E-state index in [0.29, 0.717) is 5.54 Å². The van der Waals surface area contributed by atoms with Gasteiger partial charge < -0.3 is 0 Å². The summed E-state index contributed by atoms with van der Waals surface area (Å²) in [7, 11) is 0. The first kappa shape index (κ1) is 8.30. The van der Waals surface area contributed by atoms with Gasteiger partial charge in [-0.2, -0.15) is 0 Å². The maximum atomic E-state index is 2.75. The minimum Gasteiger partial charge on any atom is -0.294 e. The third kappa shape index (κ3) is 1.22. The van der Waals surface area contributed by atoms with E-state index >= 15 is 0 Å². The molecule has 64 valence electrons. The maximum absolute atomic E-state index is 2.75. The number of fused-ring (bicyclic) bond motifs is 1. The van der Waals surface area contributed by atoms with Crippen LogP contribution in [0.3, 0.4) is 0 Å². The van der Waals surface area contributed by atoms with Gasteiger partial charge in [-0.25, -0.2) is 0 Å². The van der Waals surface area contributed by atoms with Gasteiger partial charge in [0.2, 0.25) is 0 Å². The molecule has 2 rings (SSSR count). The highest BCUT2D eigenvalue weighted by atomic mass is 127. The Bertz CT molecular complexity index is 160. The molecule has 2 heteroatoms. The zero-order chi connectivity index (χ0) is 7.90. The van der Waals surface area contributed by atoms with Crippen LogP contribution in [0.4, 0.5) is 0 Å². The smallest absolute Gasteiger partial charge is 0.0191 e. The SMILES string of the molecule is CC12CCCN1C(CI)CC2. The minimum atomic E-state index is 0.607. The van der Waals surface area contributed by atoms with Crippen molar-refractivity contribution in [3.8, 4) is 0 Å². The molecule has 0 aromatic rings. The monoisotopic (exact) mass is 265 g/mol. The summed E-state index contributed by atoms with van der Waals surface area (Å²) in [6.45, 7) is 3.82. The van der Waals surface area contributed by atoms with Crippen LogP contribution in [0.15, 0.2) is 0 Å². The highest BCUT2D eigenvalue weighted by Crippen LogP contribution is 2.42. The van der Waals surface area contributed by atoms with E-state index in [9.17, 15) is 0 Å². The fourth-order valence-electron chi connectivity index (χ4n) is 2.73. The topological polar surface area (TPSA) is 3.24 Å².